The summed E-state index contributed by atoms with van der Waals surface area (Å²) in [5.74, 6) is 0.156. The van der Waals surface area contributed by atoms with Gasteiger partial charge in [-0.05, 0) is 70.0 Å². The Morgan fingerprint density at radius 1 is 1.00 bits per heavy atom. The molecule has 8 heteroatoms. The fourth-order valence-electron chi connectivity index (χ4n) is 3.32. The predicted molar refractivity (Wildman–Crippen MR) is 121 cm³/mol. The highest BCUT2D eigenvalue weighted by Gasteiger charge is 2.31. The van der Waals surface area contributed by atoms with Crippen molar-refractivity contribution >= 4 is 27.3 Å². The van der Waals surface area contributed by atoms with Crippen LogP contribution in [0.5, 0.6) is 0 Å². The molecule has 1 saturated carbocycles. The number of sulfonamides is 1. The Bertz CT molecular complexity index is 1210. The standard InChI is InChI=1S/C23H26N4O3S/c1-23(2,3)27-21(15-20(25-27)16-12-13-16)22(28)24-17-8-7-9-18(14-17)26-31(29,30)19-10-5-4-6-11-19/h4-11,14-16,26H,12-13H2,1-3H3,(H,24,28). The first-order chi connectivity index (χ1) is 14.6. The summed E-state index contributed by atoms with van der Waals surface area (Å²) in [7, 11) is -3.71. The number of hydrogen-bond donors (Lipinski definition) is 2. The number of hydrogen-bond acceptors (Lipinski definition) is 4. The third kappa shape index (κ3) is 4.80. The van der Waals surface area contributed by atoms with Crippen molar-refractivity contribution in [2.75, 3.05) is 10.0 Å². The van der Waals surface area contributed by atoms with Gasteiger partial charge in [-0.3, -0.25) is 14.2 Å². The van der Waals surface area contributed by atoms with E-state index in [1.165, 1.54) is 12.1 Å². The molecule has 2 N–H and O–H groups in total. The van der Waals surface area contributed by atoms with Crippen LogP contribution in [0, 0.1) is 0 Å². The molecule has 1 aromatic heterocycles. The van der Waals surface area contributed by atoms with Gasteiger partial charge < -0.3 is 5.32 Å². The fraction of sp³-hybridized carbons (Fsp3) is 0.304. The third-order valence-electron chi connectivity index (χ3n) is 5.02. The van der Waals surface area contributed by atoms with Crippen LogP contribution in [0.2, 0.25) is 0 Å². The lowest BCUT2D eigenvalue weighted by Crippen LogP contribution is -2.29. The van der Waals surface area contributed by atoms with Crippen molar-refractivity contribution in [3.05, 3.63) is 72.1 Å². The monoisotopic (exact) mass is 438 g/mol. The van der Waals surface area contributed by atoms with Crippen LogP contribution < -0.4 is 10.0 Å². The van der Waals surface area contributed by atoms with E-state index in [1.807, 2.05) is 26.8 Å². The van der Waals surface area contributed by atoms with Gasteiger partial charge in [0.1, 0.15) is 5.69 Å². The summed E-state index contributed by atoms with van der Waals surface area (Å²) >= 11 is 0. The van der Waals surface area contributed by atoms with Crippen molar-refractivity contribution < 1.29 is 13.2 Å². The quantitative estimate of drug-likeness (QED) is 0.590. The van der Waals surface area contributed by atoms with Crippen molar-refractivity contribution in [1.82, 2.24) is 9.78 Å². The summed E-state index contributed by atoms with van der Waals surface area (Å²) in [6.07, 6.45) is 2.21. The summed E-state index contributed by atoms with van der Waals surface area (Å²) in [6, 6.07) is 16.6. The Balaban J connectivity index is 1.55. The Morgan fingerprint density at radius 2 is 1.68 bits per heavy atom. The average Bonchev–Trinajstić information content (AvgIpc) is 3.45. The summed E-state index contributed by atoms with van der Waals surface area (Å²) in [6.45, 7) is 6.02. The van der Waals surface area contributed by atoms with E-state index in [9.17, 15) is 13.2 Å². The van der Waals surface area contributed by atoms with Crippen LogP contribution in [-0.2, 0) is 15.6 Å². The average molecular weight is 439 g/mol. The van der Waals surface area contributed by atoms with Gasteiger partial charge in [-0.1, -0.05) is 24.3 Å². The van der Waals surface area contributed by atoms with E-state index in [1.54, 1.807) is 47.1 Å². The van der Waals surface area contributed by atoms with E-state index in [2.05, 4.69) is 15.1 Å². The van der Waals surface area contributed by atoms with Gasteiger partial charge in [0.2, 0.25) is 0 Å². The molecule has 1 fully saturated rings. The maximum Gasteiger partial charge on any atom is 0.273 e. The zero-order valence-corrected chi connectivity index (χ0v) is 18.6. The number of carbonyl (C=O) groups is 1. The van der Waals surface area contributed by atoms with E-state index < -0.39 is 10.0 Å². The van der Waals surface area contributed by atoms with Crippen LogP contribution in [0.1, 0.15) is 55.7 Å². The van der Waals surface area contributed by atoms with Gasteiger partial charge in [0.15, 0.2) is 0 Å². The van der Waals surface area contributed by atoms with Crippen molar-refractivity contribution in [3.8, 4) is 0 Å². The predicted octanol–water partition coefficient (Wildman–Crippen LogP) is 4.57. The molecule has 7 nitrogen and oxygen atoms in total. The molecule has 0 spiro atoms. The number of aromatic nitrogens is 2. The first kappa shape index (κ1) is 21.1. The molecule has 1 aliphatic rings. The van der Waals surface area contributed by atoms with Crippen LogP contribution in [0.15, 0.2) is 65.6 Å². The number of benzene rings is 2. The molecule has 0 bridgehead atoms. The van der Waals surface area contributed by atoms with E-state index in [-0.39, 0.29) is 16.3 Å². The highest BCUT2D eigenvalue weighted by molar-refractivity contribution is 7.92. The fourth-order valence-corrected chi connectivity index (χ4v) is 4.39. The summed E-state index contributed by atoms with van der Waals surface area (Å²) in [4.78, 5) is 13.2. The minimum atomic E-state index is -3.71. The first-order valence-corrected chi connectivity index (χ1v) is 11.7. The Hall–Kier alpha value is -3.13. The number of anilines is 2. The van der Waals surface area contributed by atoms with Gasteiger partial charge in [0.05, 0.1) is 21.8 Å². The normalized spacial score (nSPS) is 14.3. The van der Waals surface area contributed by atoms with E-state index >= 15 is 0 Å². The van der Waals surface area contributed by atoms with Crippen LogP contribution in [0.3, 0.4) is 0 Å². The van der Waals surface area contributed by atoms with Crippen molar-refractivity contribution in [1.29, 1.82) is 0 Å². The van der Waals surface area contributed by atoms with E-state index in [0.29, 0.717) is 23.0 Å². The first-order valence-electron chi connectivity index (χ1n) is 10.2. The van der Waals surface area contributed by atoms with Crippen molar-refractivity contribution in [2.45, 2.75) is 50.0 Å². The molecule has 4 rings (SSSR count). The van der Waals surface area contributed by atoms with Crippen molar-refractivity contribution in [3.63, 3.8) is 0 Å². The summed E-state index contributed by atoms with van der Waals surface area (Å²) in [5.41, 5.74) is 1.96. The van der Waals surface area contributed by atoms with E-state index in [0.717, 1.165) is 18.5 Å². The van der Waals surface area contributed by atoms with Crippen LogP contribution >= 0.6 is 0 Å². The highest BCUT2D eigenvalue weighted by Crippen LogP contribution is 2.40. The second kappa shape index (κ2) is 7.85. The number of rotatable bonds is 6. The number of amides is 1. The van der Waals surface area contributed by atoms with Crippen LogP contribution in [0.4, 0.5) is 11.4 Å². The largest absolute Gasteiger partial charge is 0.321 e. The van der Waals surface area contributed by atoms with Gasteiger partial charge in [0, 0.05) is 11.6 Å². The lowest BCUT2D eigenvalue weighted by atomic mass is 10.1. The van der Waals surface area contributed by atoms with Gasteiger partial charge >= 0.3 is 0 Å². The van der Waals surface area contributed by atoms with Crippen molar-refractivity contribution in [2.24, 2.45) is 0 Å². The zero-order chi connectivity index (χ0) is 22.2. The molecule has 3 aromatic rings. The highest BCUT2D eigenvalue weighted by atomic mass is 32.2. The maximum atomic E-state index is 13.0. The van der Waals surface area contributed by atoms with Crippen LogP contribution in [-0.4, -0.2) is 24.1 Å². The maximum absolute atomic E-state index is 13.0. The zero-order valence-electron chi connectivity index (χ0n) is 17.8. The molecule has 162 valence electrons. The van der Waals surface area contributed by atoms with Gasteiger partial charge in [-0.2, -0.15) is 5.10 Å². The molecular formula is C23H26N4O3S. The minimum Gasteiger partial charge on any atom is -0.321 e. The third-order valence-corrected chi connectivity index (χ3v) is 6.42. The lowest BCUT2D eigenvalue weighted by Gasteiger charge is -2.22. The minimum absolute atomic E-state index is 0.172. The van der Waals surface area contributed by atoms with Gasteiger partial charge in [0.25, 0.3) is 15.9 Å². The Morgan fingerprint density at radius 3 is 2.32 bits per heavy atom. The topological polar surface area (TPSA) is 93.1 Å². The molecule has 0 atom stereocenters. The molecule has 1 aliphatic carbocycles. The molecule has 0 saturated heterocycles. The molecular weight excluding hydrogens is 412 g/mol. The molecule has 0 unspecified atom stereocenters. The number of nitrogens with zero attached hydrogens (tertiary/aromatic N) is 2. The smallest absolute Gasteiger partial charge is 0.273 e. The summed E-state index contributed by atoms with van der Waals surface area (Å²) < 4.78 is 29.5. The molecule has 31 heavy (non-hydrogen) atoms. The molecule has 0 radical (unpaired) electrons. The summed E-state index contributed by atoms with van der Waals surface area (Å²) in [5, 5.41) is 7.54. The molecule has 1 amide bonds. The van der Waals surface area contributed by atoms with Crippen LogP contribution in [0.25, 0.3) is 0 Å². The molecule has 2 aromatic carbocycles. The number of carbonyl (C=O) groups excluding carboxylic acids is 1. The SMILES string of the molecule is CC(C)(C)n1nc(C2CC2)cc1C(=O)Nc1cccc(NS(=O)(=O)c2ccccc2)c1. The molecule has 1 heterocycles. The second-order valence-electron chi connectivity index (χ2n) is 8.76. The Kier molecular flexibility index (Phi) is 5.35. The lowest BCUT2D eigenvalue weighted by molar-refractivity contribution is 0.100. The van der Waals surface area contributed by atoms with Gasteiger partial charge in [-0.25, -0.2) is 8.42 Å². The Labute approximate surface area is 182 Å². The number of nitrogens with one attached hydrogen (secondary N) is 2. The van der Waals surface area contributed by atoms with E-state index in [4.69, 9.17) is 0 Å². The molecule has 0 aliphatic heterocycles. The second-order valence-corrected chi connectivity index (χ2v) is 10.4. The van der Waals surface area contributed by atoms with Gasteiger partial charge in [-0.15, -0.1) is 0 Å².